The normalized spacial score (nSPS) is 25.9. The molecule has 3 rings (SSSR count). The van der Waals surface area contributed by atoms with Gasteiger partial charge in [0.25, 0.3) is 0 Å². The maximum absolute atomic E-state index is 13.1. The molecule has 2 heterocycles. The first-order chi connectivity index (χ1) is 10.4. The van der Waals surface area contributed by atoms with Gasteiger partial charge in [0.2, 0.25) is 5.91 Å². The predicted molar refractivity (Wildman–Crippen MR) is 106 cm³/mol. The maximum atomic E-state index is 13.1. The zero-order valence-corrected chi connectivity index (χ0v) is 17.3. The molecule has 1 amide bonds. The van der Waals surface area contributed by atoms with Crippen molar-refractivity contribution in [3.63, 3.8) is 0 Å². The molecule has 0 aromatic heterocycles. The van der Waals surface area contributed by atoms with Crippen molar-refractivity contribution in [2.24, 2.45) is 5.73 Å². The summed E-state index contributed by atoms with van der Waals surface area (Å²) in [6.07, 6.45) is 2.43. The van der Waals surface area contributed by atoms with Gasteiger partial charge in [0.05, 0.1) is 0 Å². The topological polar surface area (TPSA) is 49.6 Å². The Morgan fingerprint density at radius 2 is 1.88 bits per heavy atom. The zero-order chi connectivity index (χ0) is 15.9. The Hall–Kier alpha value is -0.330. The van der Waals surface area contributed by atoms with Gasteiger partial charge in [-0.2, -0.15) is 0 Å². The van der Waals surface area contributed by atoms with Gasteiger partial charge < -0.3 is 10.6 Å². The van der Waals surface area contributed by atoms with Gasteiger partial charge in [-0.3, -0.25) is 9.69 Å². The number of piperazine rings is 1. The van der Waals surface area contributed by atoms with Crippen LogP contribution in [0.3, 0.4) is 0 Å². The van der Waals surface area contributed by atoms with Crippen LogP contribution in [-0.2, 0) is 10.3 Å². The van der Waals surface area contributed by atoms with Crippen molar-refractivity contribution in [2.75, 3.05) is 19.6 Å². The summed E-state index contributed by atoms with van der Waals surface area (Å²) in [6.45, 7) is 6.90. The summed E-state index contributed by atoms with van der Waals surface area (Å²) < 4.78 is 0.993. The molecule has 2 fully saturated rings. The Balaban J connectivity index is 0.00000144. The van der Waals surface area contributed by atoms with Gasteiger partial charge in [-0.1, -0.05) is 28.1 Å². The van der Waals surface area contributed by atoms with Gasteiger partial charge in [0.15, 0.2) is 0 Å². The number of fused-ring (bicyclic) bond motifs is 1. The Morgan fingerprint density at radius 1 is 1.25 bits per heavy atom. The van der Waals surface area contributed by atoms with Crippen LogP contribution >= 0.6 is 40.7 Å². The van der Waals surface area contributed by atoms with E-state index >= 15 is 0 Å². The summed E-state index contributed by atoms with van der Waals surface area (Å²) >= 11 is 3.42. The van der Waals surface area contributed by atoms with E-state index < -0.39 is 5.54 Å². The Morgan fingerprint density at radius 3 is 2.50 bits per heavy atom. The summed E-state index contributed by atoms with van der Waals surface area (Å²) in [6, 6.07) is 8.47. The predicted octanol–water partition coefficient (Wildman–Crippen LogP) is 3.16. The fraction of sp³-hybridized carbons (Fsp3) is 0.588. The van der Waals surface area contributed by atoms with Gasteiger partial charge in [0, 0.05) is 29.6 Å². The van der Waals surface area contributed by atoms with Crippen molar-refractivity contribution in [2.45, 2.75) is 44.3 Å². The molecule has 0 saturated carbocycles. The number of hydrogen-bond donors (Lipinski definition) is 1. The molecule has 3 atom stereocenters. The van der Waals surface area contributed by atoms with Crippen molar-refractivity contribution < 1.29 is 4.79 Å². The second-order valence-electron chi connectivity index (χ2n) is 6.81. The molecule has 2 aliphatic rings. The van der Waals surface area contributed by atoms with E-state index in [1.165, 1.54) is 19.4 Å². The first-order valence-electron chi connectivity index (χ1n) is 7.99. The number of hydrogen-bond acceptors (Lipinski definition) is 3. The highest BCUT2D eigenvalue weighted by atomic mass is 79.9. The van der Waals surface area contributed by atoms with Crippen LogP contribution in [-0.4, -0.2) is 47.4 Å². The number of amides is 1. The molecule has 24 heavy (non-hydrogen) atoms. The van der Waals surface area contributed by atoms with Gasteiger partial charge in [-0.15, -0.1) is 24.8 Å². The summed E-state index contributed by atoms with van der Waals surface area (Å²) in [5.41, 5.74) is 6.33. The van der Waals surface area contributed by atoms with E-state index in [-0.39, 0.29) is 36.8 Å². The summed E-state index contributed by atoms with van der Waals surface area (Å²) in [4.78, 5) is 17.6. The average molecular weight is 439 g/mol. The van der Waals surface area contributed by atoms with Crippen molar-refractivity contribution >= 4 is 46.7 Å². The Labute approximate surface area is 165 Å². The SMILES string of the molecule is CC1CN2CCCC2CN1C(=O)C(C)(N)c1ccc(Br)cc1.Cl.Cl. The lowest BCUT2D eigenvalue weighted by molar-refractivity contribution is -0.142. The van der Waals surface area contributed by atoms with Crippen LogP contribution in [0.5, 0.6) is 0 Å². The average Bonchev–Trinajstić information content (AvgIpc) is 2.93. The number of carbonyl (C=O) groups is 1. The van der Waals surface area contributed by atoms with E-state index in [1.807, 2.05) is 36.1 Å². The molecule has 1 aromatic carbocycles. The van der Waals surface area contributed by atoms with Gasteiger partial charge in [-0.25, -0.2) is 0 Å². The third-order valence-corrected chi connectivity index (χ3v) is 5.62. The minimum atomic E-state index is -0.976. The van der Waals surface area contributed by atoms with Gasteiger partial charge >= 0.3 is 0 Å². The molecule has 2 N–H and O–H groups in total. The largest absolute Gasteiger partial charge is 0.335 e. The Bertz CT molecular complexity index is 567. The second kappa shape index (κ2) is 8.37. The lowest BCUT2D eigenvalue weighted by atomic mass is 9.90. The number of nitrogens with zero attached hydrogens (tertiary/aromatic N) is 2. The highest BCUT2D eigenvalue weighted by Crippen LogP contribution is 2.29. The molecule has 0 spiro atoms. The summed E-state index contributed by atoms with van der Waals surface area (Å²) in [7, 11) is 0. The Kier molecular flexibility index (Phi) is 7.57. The summed E-state index contributed by atoms with van der Waals surface area (Å²) in [5, 5.41) is 0. The minimum absolute atomic E-state index is 0. The quantitative estimate of drug-likeness (QED) is 0.771. The first-order valence-corrected chi connectivity index (χ1v) is 8.79. The molecule has 0 radical (unpaired) electrons. The van der Waals surface area contributed by atoms with Crippen LogP contribution in [0, 0.1) is 0 Å². The molecular formula is C17H26BrCl2N3O. The molecule has 0 aliphatic carbocycles. The molecule has 7 heteroatoms. The lowest BCUT2D eigenvalue weighted by Gasteiger charge is -2.45. The van der Waals surface area contributed by atoms with Crippen molar-refractivity contribution in [1.29, 1.82) is 0 Å². The van der Waals surface area contributed by atoms with Crippen LogP contribution in [0.2, 0.25) is 0 Å². The highest BCUT2D eigenvalue weighted by Gasteiger charge is 2.42. The molecule has 2 saturated heterocycles. The van der Waals surface area contributed by atoms with Crippen LogP contribution in [0.1, 0.15) is 32.3 Å². The first kappa shape index (κ1) is 21.7. The number of carbonyl (C=O) groups excluding carboxylic acids is 1. The highest BCUT2D eigenvalue weighted by molar-refractivity contribution is 9.10. The van der Waals surface area contributed by atoms with E-state index in [9.17, 15) is 4.79 Å². The molecular weight excluding hydrogens is 413 g/mol. The maximum Gasteiger partial charge on any atom is 0.247 e. The van der Waals surface area contributed by atoms with Crippen molar-refractivity contribution in [1.82, 2.24) is 9.80 Å². The third kappa shape index (κ3) is 4.07. The molecule has 1 aromatic rings. The van der Waals surface area contributed by atoms with E-state index in [1.54, 1.807) is 0 Å². The van der Waals surface area contributed by atoms with E-state index in [4.69, 9.17) is 5.73 Å². The minimum Gasteiger partial charge on any atom is -0.335 e. The number of rotatable bonds is 2. The lowest BCUT2D eigenvalue weighted by Crippen LogP contribution is -2.62. The molecule has 136 valence electrons. The summed E-state index contributed by atoms with van der Waals surface area (Å²) in [5.74, 6) is 0.0360. The number of nitrogens with two attached hydrogens (primary N) is 1. The van der Waals surface area contributed by atoms with E-state index in [2.05, 4.69) is 27.8 Å². The van der Waals surface area contributed by atoms with Crippen LogP contribution in [0.15, 0.2) is 28.7 Å². The third-order valence-electron chi connectivity index (χ3n) is 5.09. The van der Waals surface area contributed by atoms with Crippen molar-refractivity contribution in [3.05, 3.63) is 34.3 Å². The van der Waals surface area contributed by atoms with E-state index in [0.717, 1.165) is 23.1 Å². The fourth-order valence-electron chi connectivity index (χ4n) is 3.69. The van der Waals surface area contributed by atoms with Gasteiger partial charge in [-0.05, 0) is 50.9 Å². The molecule has 3 unspecified atom stereocenters. The number of halogens is 3. The molecule has 4 nitrogen and oxygen atoms in total. The van der Waals surface area contributed by atoms with Gasteiger partial charge in [0.1, 0.15) is 5.54 Å². The zero-order valence-electron chi connectivity index (χ0n) is 14.1. The number of benzene rings is 1. The standard InChI is InChI=1S/C17H24BrN3O.2ClH/c1-12-10-20-9-3-4-15(20)11-21(12)16(22)17(2,19)13-5-7-14(18)8-6-13;;/h5-8,12,15H,3-4,9-11,19H2,1-2H3;2*1H. The van der Waals surface area contributed by atoms with Crippen LogP contribution in [0.4, 0.5) is 0 Å². The van der Waals surface area contributed by atoms with Crippen LogP contribution < -0.4 is 5.73 Å². The fourth-order valence-corrected chi connectivity index (χ4v) is 3.95. The monoisotopic (exact) mass is 437 g/mol. The van der Waals surface area contributed by atoms with Crippen molar-refractivity contribution in [3.8, 4) is 0 Å². The molecule has 2 aliphatic heterocycles. The van der Waals surface area contributed by atoms with E-state index in [0.29, 0.717) is 6.04 Å². The second-order valence-corrected chi connectivity index (χ2v) is 7.72. The molecule has 0 bridgehead atoms. The van der Waals surface area contributed by atoms with Crippen LogP contribution in [0.25, 0.3) is 0 Å². The smallest absolute Gasteiger partial charge is 0.247 e.